The molecule has 1 aromatic carbocycles. The number of carbonyl (C=O) groups is 1. The number of amides is 1. The summed E-state index contributed by atoms with van der Waals surface area (Å²) in [7, 11) is 0. The Morgan fingerprint density at radius 2 is 2.19 bits per heavy atom. The number of nitrogens with one attached hydrogen (secondary N) is 1. The maximum absolute atomic E-state index is 12.7. The Bertz CT molecular complexity index is 515. The van der Waals surface area contributed by atoms with Crippen molar-refractivity contribution in [1.29, 1.82) is 0 Å². The number of nitrogens with zero attached hydrogens (tertiary/aromatic N) is 1. The van der Waals surface area contributed by atoms with E-state index < -0.39 is 0 Å². The van der Waals surface area contributed by atoms with E-state index in [1.807, 2.05) is 23.1 Å². The Balaban J connectivity index is 1.79. The van der Waals surface area contributed by atoms with E-state index in [4.69, 9.17) is 11.6 Å². The van der Waals surface area contributed by atoms with E-state index in [-0.39, 0.29) is 18.1 Å². The third-order valence-corrected chi connectivity index (χ3v) is 4.65. The molecule has 0 spiro atoms. The molecule has 1 saturated heterocycles. The summed E-state index contributed by atoms with van der Waals surface area (Å²) >= 11 is 6.11. The van der Waals surface area contributed by atoms with Crippen LogP contribution in [0.15, 0.2) is 24.3 Å². The minimum absolute atomic E-state index is 0.0151. The van der Waals surface area contributed by atoms with Crippen LogP contribution < -0.4 is 5.32 Å². The lowest BCUT2D eigenvalue weighted by Crippen LogP contribution is -2.32. The van der Waals surface area contributed by atoms with Crippen LogP contribution >= 0.6 is 11.6 Å². The van der Waals surface area contributed by atoms with E-state index in [1.165, 1.54) is 12.8 Å². The molecule has 1 aromatic rings. The lowest BCUT2D eigenvalue weighted by Gasteiger charge is -2.24. The summed E-state index contributed by atoms with van der Waals surface area (Å²) in [4.78, 5) is 14.7. The Morgan fingerprint density at radius 3 is 2.86 bits per heavy atom. The minimum Gasteiger partial charge on any atom is -0.321 e. The summed E-state index contributed by atoms with van der Waals surface area (Å²) in [6, 6.07) is 7.82. The number of hydrogen-bond acceptors (Lipinski definition) is 2. The van der Waals surface area contributed by atoms with Gasteiger partial charge >= 0.3 is 0 Å². The summed E-state index contributed by atoms with van der Waals surface area (Å²) in [6.45, 7) is 3.04. The van der Waals surface area contributed by atoms with Crippen LogP contribution in [0, 0.1) is 5.92 Å². The van der Waals surface area contributed by atoms with Crippen LogP contribution in [-0.4, -0.2) is 23.4 Å². The van der Waals surface area contributed by atoms with Gasteiger partial charge in [-0.2, -0.15) is 0 Å². The molecule has 3 nitrogen and oxygen atoms in total. The molecule has 0 aromatic heterocycles. The third-order valence-electron chi connectivity index (χ3n) is 4.41. The van der Waals surface area contributed by atoms with Crippen LogP contribution in [0.1, 0.15) is 50.8 Å². The zero-order valence-electron chi connectivity index (χ0n) is 12.5. The van der Waals surface area contributed by atoms with Crippen molar-refractivity contribution in [2.75, 3.05) is 6.54 Å². The average molecular weight is 307 g/mol. The molecule has 1 N–H and O–H groups in total. The Labute approximate surface area is 131 Å². The van der Waals surface area contributed by atoms with Gasteiger partial charge in [-0.15, -0.1) is 0 Å². The van der Waals surface area contributed by atoms with Gasteiger partial charge in [-0.05, 0) is 42.9 Å². The van der Waals surface area contributed by atoms with E-state index in [2.05, 4.69) is 18.3 Å². The van der Waals surface area contributed by atoms with Gasteiger partial charge < -0.3 is 4.90 Å². The van der Waals surface area contributed by atoms with Gasteiger partial charge in [-0.3, -0.25) is 10.1 Å². The van der Waals surface area contributed by atoms with E-state index >= 15 is 0 Å². The summed E-state index contributed by atoms with van der Waals surface area (Å²) < 4.78 is 0. The molecular formula is C17H23ClN2O. The monoisotopic (exact) mass is 306 g/mol. The van der Waals surface area contributed by atoms with Crippen LogP contribution in [0.3, 0.4) is 0 Å². The van der Waals surface area contributed by atoms with Gasteiger partial charge in [0.2, 0.25) is 5.91 Å². The molecular weight excluding hydrogens is 284 g/mol. The van der Waals surface area contributed by atoms with Gasteiger partial charge in [0.25, 0.3) is 0 Å². The van der Waals surface area contributed by atoms with Crippen LogP contribution in [0.25, 0.3) is 0 Å². The molecule has 2 unspecified atom stereocenters. The first-order valence-electron chi connectivity index (χ1n) is 8.01. The summed E-state index contributed by atoms with van der Waals surface area (Å²) in [6.07, 6.45) is 5.63. The zero-order chi connectivity index (χ0) is 14.8. The number of carbonyl (C=O) groups excluding carboxylic acids is 1. The van der Waals surface area contributed by atoms with Gasteiger partial charge in [-0.1, -0.05) is 43.5 Å². The predicted octanol–water partition coefficient (Wildman–Crippen LogP) is 3.74. The molecule has 1 amide bonds. The second-order valence-electron chi connectivity index (χ2n) is 6.25. The molecule has 21 heavy (non-hydrogen) atoms. The highest BCUT2D eigenvalue weighted by Gasteiger charge is 2.41. The van der Waals surface area contributed by atoms with Gasteiger partial charge in [0.05, 0.1) is 6.04 Å². The normalized spacial score (nSPS) is 25.6. The van der Waals surface area contributed by atoms with E-state index in [9.17, 15) is 4.79 Å². The number of benzene rings is 1. The van der Waals surface area contributed by atoms with E-state index in [0.717, 1.165) is 36.4 Å². The van der Waals surface area contributed by atoms with Gasteiger partial charge in [0.15, 0.2) is 0 Å². The van der Waals surface area contributed by atoms with Gasteiger partial charge in [-0.25, -0.2) is 0 Å². The van der Waals surface area contributed by atoms with Crippen LogP contribution in [0.5, 0.6) is 0 Å². The second-order valence-corrected chi connectivity index (χ2v) is 6.69. The van der Waals surface area contributed by atoms with E-state index in [1.54, 1.807) is 0 Å². The minimum atomic E-state index is -0.0346. The number of rotatable bonds is 6. The number of hydrogen-bond donors (Lipinski definition) is 1. The molecule has 1 saturated carbocycles. The van der Waals surface area contributed by atoms with Crippen molar-refractivity contribution in [3.05, 3.63) is 34.9 Å². The van der Waals surface area contributed by atoms with E-state index in [0.29, 0.717) is 5.92 Å². The molecule has 3 rings (SSSR count). The lowest BCUT2D eigenvalue weighted by atomic mass is 10.1. The highest BCUT2D eigenvalue weighted by molar-refractivity contribution is 6.30. The maximum Gasteiger partial charge on any atom is 0.241 e. The Hall–Kier alpha value is -1.06. The molecule has 114 valence electrons. The first-order valence-corrected chi connectivity index (χ1v) is 8.39. The Kier molecular flexibility index (Phi) is 4.51. The van der Waals surface area contributed by atoms with Crippen molar-refractivity contribution in [1.82, 2.24) is 10.2 Å². The quantitative estimate of drug-likeness (QED) is 0.868. The standard InChI is InChI=1S/C17H23ClN2O/c1-2-3-7-15-17(21)20(11-12-8-9-12)16(19-15)13-5-4-6-14(18)10-13/h4-6,10,12,15-16,19H,2-3,7-9,11H2,1H3. The number of unbranched alkanes of at least 4 members (excludes halogenated alkanes) is 1. The SMILES string of the molecule is CCCCC1NC(c2cccc(Cl)c2)N(CC2CC2)C1=O. The molecule has 0 radical (unpaired) electrons. The maximum atomic E-state index is 12.7. The van der Waals surface area contributed by atoms with Crippen LogP contribution in [0.4, 0.5) is 0 Å². The molecule has 4 heteroatoms. The fraction of sp³-hybridized carbons (Fsp3) is 0.588. The fourth-order valence-electron chi connectivity index (χ4n) is 3.02. The smallest absolute Gasteiger partial charge is 0.241 e. The van der Waals surface area contributed by atoms with Gasteiger partial charge in [0.1, 0.15) is 6.17 Å². The molecule has 2 aliphatic rings. The second kappa shape index (κ2) is 6.37. The highest BCUT2D eigenvalue weighted by Crippen LogP contribution is 2.35. The summed E-state index contributed by atoms with van der Waals surface area (Å²) in [5, 5.41) is 4.25. The molecule has 2 fully saturated rings. The highest BCUT2D eigenvalue weighted by atomic mass is 35.5. The molecule has 1 heterocycles. The van der Waals surface area contributed by atoms with Crippen molar-refractivity contribution in [2.24, 2.45) is 5.92 Å². The molecule has 0 bridgehead atoms. The summed E-state index contributed by atoms with van der Waals surface area (Å²) in [5.41, 5.74) is 1.09. The number of halogens is 1. The zero-order valence-corrected chi connectivity index (χ0v) is 13.3. The predicted molar refractivity (Wildman–Crippen MR) is 85.1 cm³/mol. The van der Waals surface area contributed by atoms with Crippen molar-refractivity contribution in [3.63, 3.8) is 0 Å². The van der Waals surface area contributed by atoms with Crippen LogP contribution in [-0.2, 0) is 4.79 Å². The van der Waals surface area contributed by atoms with Crippen LogP contribution in [0.2, 0.25) is 5.02 Å². The lowest BCUT2D eigenvalue weighted by molar-refractivity contribution is -0.130. The molecule has 1 aliphatic heterocycles. The van der Waals surface area contributed by atoms with Crippen molar-refractivity contribution in [2.45, 2.75) is 51.2 Å². The topological polar surface area (TPSA) is 32.3 Å². The first kappa shape index (κ1) is 14.9. The van der Waals surface area contributed by atoms with Crippen molar-refractivity contribution >= 4 is 17.5 Å². The molecule has 1 aliphatic carbocycles. The Morgan fingerprint density at radius 1 is 1.38 bits per heavy atom. The largest absolute Gasteiger partial charge is 0.321 e. The summed E-state index contributed by atoms with van der Waals surface area (Å²) in [5.74, 6) is 0.961. The fourth-order valence-corrected chi connectivity index (χ4v) is 3.22. The van der Waals surface area contributed by atoms with Crippen molar-refractivity contribution in [3.8, 4) is 0 Å². The molecule has 2 atom stereocenters. The average Bonchev–Trinajstić information content (AvgIpc) is 3.23. The van der Waals surface area contributed by atoms with Gasteiger partial charge in [0, 0.05) is 11.6 Å². The first-order chi connectivity index (χ1) is 10.2. The van der Waals surface area contributed by atoms with Crippen molar-refractivity contribution < 1.29 is 4.79 Å². The third kappa shape index (κ3) is 3.41.